The third kappa shape index (κ3) is 3.69. The van der Waals surface area contributed by atoms with Gasteiger partial charge in [0.25, 0.3) is 0 Å². The van der Waals surface area contributed by atoms with E-state index in [4.69, 9.17) is 9.51 Å². The first-order valence-corrected chi connectivity index (χ1v) is 12.4. The number of anilines is 2. The lowest BCUT2D eigenvalue weighted by atomic mass is 10.0. The van der Waals surface area contributed by atoms with Crippen LogP contribution in [-0.4, -0.2) is 24.7 Å². The van der Waals surface area contributed by atoms with Crippen molar-refractivity contribution in [1.29, 1.82) is 0 Å². The van der Waals surface area contributed by atoms with Gasteiger partial charge in [-0.05, 0) is 67.1 Å². The minimum absolute atomic E-state index is 0.211. The highest BCUT2D eigenvalue weighted by Crippen LogP contribution is 2.41. The highest BCUT2D eigenvalue weighted by molar-refractivity contribution is 5.76. The van der Waals surface area contributed by atoms with Gasteiger partial charge in [-0.1, -0.05) is 42.4 Å². The van der Waals surface area contributed by atoms with Gasteiger partial charge in [0.15, 0.2) is 11.5 Å². The number of nitrogens with zero attached hydrogens (tertiary/aromatic N) is 5. The van der Waals surface area contributed by atoms with E-state index >= 15 is 0 Å². The molecule has 1 N–H and O–H groups in total. The normalized spacial score (nSPS) is 13.9. The number of rotatable bonds is 5. The zero-order chi connectivity index (χ0) is 24.8. The van der Waals surface area contributed by atoms with Crippen LogP contribution in [0.15, 0.2) is 64.0 Å². The van der Waals surface area contributed by atoms with Gasteiger partial charge in [0.1, 0.15) is 11.3 Å². The molecule has 1 unspecified atom stereocenters. The van der Waals surface area contributed by atoms with Crippen LogP contribution in [0.3, 0.4) is 0 Å². The summed E-state index contributed by atoms with van der Waals surface area (Å²) in [5, 5.41) is 3.99. The molecule has 0 bridgehead atoms. The predicted molar refractivity (Wildman–Crippen MR) is 139 cm³/mol. The minimum atomic E-state index is -0.543. The van der Waals surface area contributed by atoms with Crippen LogP contribution in [0.2, 0.25) is 0 Å². The Labute approximate surface area is 208 Å². The number of hydrogen-bond acceptors (Lipinski definition) is 6. The molecule has 1 aliphatic rings. The van der Waals surface area contributed by atoms with Crippen molar-refractivity contribution in [3.8, 4) is 0 Å². The zero-order valence-electron chi connectivity index (χ0n) is 20.7. The van der Waals surface area contributed by atoms with Gasteiger partial charge in [-0.2, -0.15) is 0 Å². The van der Waals surface area contributed by atoms with Gasteiger partial charge in [0, 0.05) is 24.0 Å². The maximum Gasteiger partial charge on any atom is 0.438 e. The summed E-state index contributed by atoms with van der Waals surface area (Å²) in [5.74, 6) is 1.00. The van der Waals surface area contributed by atoms with Crippen LogP contribution >= 0.6 is 0 Å². The van der Waals surface area contributed by atoms with Crippen molar-refractivity contribution >= 4 is 22.5 Å². The number of hydrogen-bond donors (Lipinski definition) is 1. The van der Waals surface area contributed by atoms with Gasteiger partial charge >= 0.3 is 5.76 Å². The van der Waals surface area contributed by atoms with E-state index in [2.05, 4.69) is 80.9 Å². The van der Waals surface area contributed by atoms with Crippen LogP contribution in [0.4, 0.5) is 11.4 Å². The van der Waals surface area contributed by atoms with E-state index in [-0.39, 0.29) is 6.04 Å². The highest BCUT2D eigenvalue weighted by Gasteiger charge is 2.28. The minimum Gasteiger partial charge on any atom is -0.330 e. The van der Waals surface area contributed by atoms with E-state index in [9.17, 15) is 4.79 Å². The fraction of sp³-hybridized carbons (Fsp3) is 0.286. The summed E-state index contributed by atoms with van der Waals surface area (Å²) in [6.07, 6.45) is 4.55. The van der Waals surface area contributed by atoms with Crippen LogP contribution in [0.1, 0.15) is 53.8 Å². The molecule has 8 heteroatoms. The molecular weight excluding hydrogens is 452 g/mol. The second-order valence-corrected chi connectivity index (χ2v) is 9.39. The maximum absolute atomic E-state index is 11.7. The topological polar surface area (TPSA) is 92.8 Å². The fourth-order valence-electron chi connectivity index (χ4n) is 5.29. The van der Waals surface area contributed by atoms with Crippen LogP contribution in [-0.2, 0) is 25.8 Å². The summed E-state index contributed by atoms with van der Waals surface area (Å²) < 4.78 is 7.06. The number of pyridine rings is 1. The lowest BCUT2D eigenvalue weighted by molar-refractivity contribution is 0.378. The molecule has 1 aliphatic heterocycles. The molecule has 0 spiro atoms. The van der Waals surface area contributed by atoms with Crippen LogP contribution < -0.4 is 10.7 Å². The molecule has 4 heterocycles. The number of aromatic nitrogens is 5. The first-order chi connectivity index (χ1) is 17.5. The van der Waals surface area contributed by atoms with Crippen molar-refractivity contribution in [2.45, 2.75) is 52.6 Å². The Bertz CT molecular complexity index is 1630. The average Bonchev–Trinajstić information content (AvgIpc) is 3.44. The Hall–Kier alpha value is -4.20. The number of H-pyrrole nitrogens is 1. The van der Waals surface area contributed by atoms with Crippen molar-refractivity contribution in [2.24, 2.45) is 0 Å². The monoisotopic (exact) mass is 480 g/mol. The van der Waals surface area contributed by atoms with Gasteiger partial charge in [0.2, 0.25) is 0 Å². The van der Waals surface area contributed by atoms with Crippen molar-refractivity contribution < 1.29 is 4.52 Å². The van der Waals surface area contributed by atoms with E-state index in [1.165, 1.54) is 16.7 Å². The lowest BCUT2D eigenvalue weighted by Gasteiger charge is -2.31. The van der Waals surface area contributed by atoms with Crippen LogP contribution in [0.25, 0.3) is 11.2 Å². The highest BCUT2D eigenvalue weighted by atomic mass is 16.5. The second-order valence-electron chi connectivity index (χ2n) is 9.39. The van der Waals surface area contributed by atoms with Gasteiger partial charge < -0.3 is 9.47 Å². The average molecular weight is 481 g/mol. The standard InChI is InChI=1S/C28H28N6O2/c1-4-24-30-25-17(2)13-14-29-27(25)33(24)16-19-9-12-23-21(15-19)11-10-20-7-5-6-8-22(20)34(23)18(3)26-31-28(35)36-32-26/h5-9,12-15,18H,4,10-11,16H2,1-3H3,(H,31,32,35). The summed E-state index contributed by atoms with van der Waals surface area (Å²) in [4.78, 5) is 26.2. The zero-order valence-corrected chi connectivity index (χ0v) is 20.7. The molecule has 0 fully saturated rings. The molecule has 36 heavy (non-hydrogen) atoms. The number of aromatic amines is 1. The van der Waals surface area contributed by atoms with E-state index < -0.39 is 5.76 Å². The van der Waals surface area contributed by atoms with E-state index in [0.717, 1.165) is 53.2 Å². The Balaban J connectivity index is 1.43. The maximum atomic E-state index is 11.7. The van der Waals surface area contributed by atoms with E-state index in [1.807, 2.05) is 19.2 Å². The molecule has 0 radical (unpaired) electrons. The summed E-state index contributed by atoms with van der Waals surface area (Å²) in [6, 6.07) is 16.9. The number of benzene rings is 2. The van der Waals surface area contributed by atoms with Gasteiger partial charge in [-0.3, -0.25) is 9.51 Å². The SMILES string of the molecule is CCc1nc2c(C)ccnc2n1Cc1ccc2c(c1)CCc1ccccc1N2C(C)c1noc(=O)[nH]1. The summed E-state index contributed by atoms with van der Waals surface area (Å²) in [6.45, 7) is 6.96. The molecule has 1 atom stereocenters. The van der Waals surface area contributed by atoms with Crippen molar-refractivity contribution in [3.05, 3.63) is 99.2 Å². The summed E-state index contributed by atoms with van der Waals surface area (Å²) in [5.41, 5.74) is 9.01. The molecule has 0 aliphatic carbocycles. The summed E-state index contributed by atoms with van der Waals surface area (Å²) >= 11 is 0. The summed E-state index contributed by atoms with van der Waals surface area (Å²) in [7, 11) is 0. The number of fused-ring (bicyclic) bond motifs is 3. The first kappa shape index (κ1) is 22.3. The van der Waals surface area contributed by atoms with Crippen LogP contribution in [0.5, 0.6) is 0 Å². The van der Waals surface area contributed by atoms with Crippen molar-refractivity contribution in [1.82, 2.24) is 24.7 Å². The van der Waals surface area contributed by atoms with Crippen LogP contribution in [0, 0.1) is 6.92 Å². The molecule has 6 rings (SSSR count). The molecule has 2 aromatic carbocycles. The largest absolute Gasteiger partial charge is 0.438 e. The second kappa shape index (κ2) is 8.78. The van der Waals surface area contributed by atoms with E-state index in [1.54, 1.807) is 0 Å². The molecule has 182 valence electrons. The molecule has 8 nitrogen and oxygen atoms in total. The molecule has 0 saturated carbocycles. The third-order valence-corrected chi connectivity index (χ3v) is 7.13. The molecular formula is C28H28N6O2. The number of nitrogens with one attached hydrogen (secondary N) is 1. The Morgan fingerprint density at radius 2 is 1.89 bits per heavy atom. The molecule has 0 amide bonds. The fourth-order valence-corrected chi connectivity index (χ4v) is 5.29. The number of para-hydroxylation sites is 1. The number of aryl methyl sites for hydroxylation is 4. The van der Waals surface area contributed by atoms with Crippen molar-refractivity contribution in [3.63, 3.8) is 0 Å². The van der Waals surface area contributed by atoms with Gasteiger partial charge in [0.05, 0.1) is 12.6 Å². The smallest absolute Gasteiger partial charge is 0.330 e. The Morgan fingerprint density at radius 1 is 1.08 bits per heavy atom. The molecule has 5 aromatic rings. The third-order valence-electron chi connectivity index (χ3n) is 7.13. The number of imidazole rings is 1. The van der Waals surface area contributed by atoms with Crippen molar-refractivity contribution in [2.75, 3.05) is 4.90 Å². The van der Waals surface area contributed by atoms with Gasteiger partial charge in [-0.15, -0.1) is 0 Å². The van der Waals surface area contributed by atoms with E-state index in [0.29, 0.717) is 12.4 Å². The Kier molecular flexibility index (Phi) is 5.44. The molecule has 0 saturated heterocycles. The first-order valence-electron chi connectivity index (χ1n) is 12.4. The molecule has 3 aromatic heterocycles. The quantitative estimate of drug-likeness (QED) is 0.380. The lowest BCUT2D eigenvalue weighted by Crippen LogP contribution is -2.24. The van der Waals surface area contributed by atoms with Gasteiger partial charge in [-0.25, -0.2) is 14.8 Å². The Morgan fingerprint density at radius 3 is 2.69 bits per heavy atom. The predicted octanol–water partition coefficient (Wildman–Crippen LogP) is 5.02.